The third kappa shape index (κ3) is 4.43. The van der Waals surface area contributed by atoms with Crippen LogP contribution in [0.4, 0.5) is 5.69 Å². The molecule has 0 aliphatic carbocycles. The quantitative estimate of drug-likeness (QED) is 0.448. The molecule has 0 aliphatic rings. The van der Waals surface area contributed by atoms with Gasteiger partial charge in [-0.25, -0.2) is 13.1 Å². The Bertz CT molecular complexity index is 561. The molecule has 9 heteroatoms. The molecule has 0 aliphatic heterocycles. The van der Waals surface area contributed by atoms with E-state index < -0.39 is 25.5 Å². The van der Waals surface area contributed by atoms with E-state index in [1.54, 1.807) is 0 Å². The second kappa shape index (κ2) is 6.80. The molecule has 0 amide bonds. The largest absolute Gasteiger partial charge is 0.396 e. The van der Waals surface area contributed by atoms with Gasteiger partial charge in [0, 0.05) is 24.2 Å². The Balaban J connectivity index is 2.98. The minimum atomic E-state index is -3.97. The molecular weight excluding hydrogens is 296 g/mol. The molecule has 2 N–H and O–H groups in total. The van der Waals surface area contributed by atoms with E-state index in [4.69, 9.17) is 16.7 Å². The number of aliphatic hydroxyl groups excluding tert-OH is 1. The number of unbranched alkanes of at least 4 members (excludes halogenated alkanes) is 1. The van der Waals surface area contributed by atoms with Crippen LogP contribution >= 0.6 is 11.6 Å². The lowest BCUT2D eigenvalue weighted by atomic mass is 10.3. The Kier molecular flexibility index (Phi) is 5.67. The first-order valence-electron chi connectivity index (χ1n) is 5.43. The SMILES string of the molecule is O=[N+]([O-])c1cc(Cl)ccc1S(=O)(=O)NCCCCO. The number of aliphatic hydroxyl groups is 1. The smallest absolute Gasteiger partial charge is 0.290 e. The van der Waals surface area contributed by atoms with E-state index in [0.717, 1.165) is 12.1 Å². The van der Waals surface area contributed by atoms with Crippen molar-refractivity contribution in [2.45, 2.75) is 17.7 Å². The van der Waals surface area contributed by atoms with Gasteiger partial charge in [-0.1, -0.05) is 11.6 Å². The Morgan fingerprint density at radius 1 is 1.37 bits per heavy atom. The molecular formula is C10H13ClN2O5S. The second-order valence-electron chi connectivity index (χ2n) is 3.70. The number of nitrogens with one attached hydrogen (secondary N) is 1. The fraction of sp³-hybridized carbons (Fsp3) is 0.400. The van der Waals surface area contributed by atoms with Crippen molar-refractivity contribution in [1.29, 1.82) is 0 Å². The number of nitro benzene ring substituents is 1. The highest BCUT2D eigenvalue weighted by Crippen LogP contribution is 2.26. The molecule has 1 rings (SSSR count). The van der Waals surface area contributed by atoms with Crippen LogP contribution in [-0.2, 0) is 10.0 Å². The van der Waals surface area contributed by atoms with Crippen LogP contribution in [0.5, 0.6) is 0 Å². The van der Waals surface area contributed by atoms with Gasteiger partial charge in [0.05, 0.1) is 4.92 Å². The summed E-state index contributed by atoms with van der Waals surface area (Å²) in [6, 6.07) is 3.36. The average molecular weight is 309 g/mol. The predicted octanol–water partition coefficient (Wildman–Crippen LogP) is 1.30. The summed E-state index contributed by atoms with van der Waals surface area (Å²) in [6.45, 7) is 0.0610. The first-order valence-corrected chi connectivity index (χ1v) is 7.29. The summed E-state index contributed by atoms with van der Waals surface area (Å²) in [5.74, 6) is 0. The first kappa shape index (κ1) is 15.8. The monoisotopic (exact) mass is 308 g/mol. The summed E-state index contributed by atoms with van der Waals surface area (Å²) >= 11 is 5.61. The lowest BCUT2D eigenvalue weighted by Gasteiger charge is -2.07. The minimum Gasteiger partial charge on any atom is -0.396 e. The summed E-state index contributed by atoms with van der Waals surface area (Å²) in [7, 11) is -3.97. The normalized spacial score (nSPS) is 11.5. The summed E-state index contributed by atoms with van der Waals surface area (Å²) in [6.07, 6.45) is 0.891. The van der Waals surface area contributed by atoms with E-state index >= 15 is 0 Å². The lowest BCUT2D eigenvalue weighted by molar-refractivity contribution is -0.387. The van der Waals surface area contributed by atoms with Crippen LogP contribution < -0.4 is 4.72 Å². The lowest BCUT2D eigenvalue weighted by Crippen LogP contribution is -2.25. The van der Waals surface area contributed by atoms with E-state index in [9.17, 15) is 18.5 Å². The fourth-order valence-corrected chi connectivity index (χ4v) is 2.77. The molecule has 1 aromatic carbocycles. The van der Waals surface area contributed by atoms with Gasteiger partial charge in [0.1, 0.15) is 0 Å². The number of benzene rings is 1. The molecule has 0 fully saturated rings. The Labute approximate surface area is 115 Å². The highest BCUT2D eigenvalue weighted by molar-refractivity contribution is 7.89. The fourth-order valence-electron chi connectivity index (χ4n) is 1.38. The van der Waals surface area contributed by atoms with Crippen molar-refractivity contribution in [2.24, 2.45) is 0 Å². The molecule has 0 bridgehead atoms. The van der Waals surface area contributed by atoms with Crippen LogP contribution in [0.3, 0.4) is 0 Å². The molecule has 0 aromatic heterocycles. The average Bonchev–Trinajstić information content (AvgIpc) is 2.34. The third-order valence-electron chi connectivity index (χ3n) is 2.28. The molecule has 0 saturated carbocycles. The van der Waals surface area contributed by atoms with Gasteiger partial charge < -0.3 is 5.11 Å². The van der Waals surface area contributed by atoms with Gasteiger partial charge in [0.2, 0.25) is 10.0 Å². The number of rotatable bonds is 7. The van der Waals surface area contributed by atoms with Crippen LogP contribution in [0.1, 0.15) is 12.8 Å². The summed E-state index contributed by atoms with van der Waals surface area (Å²) in [4.78, 5) is 9.60. The predicted molar refractivity (Wildman–Crippen MR) is 69.6 cm³/mol. The highest BCUT2D eigenvalue weighted by Gasteiger charge is 2.25. The molecule has 7 nitrogen and oxygen atoms in total. The van der Waals surface area contributed by atoms with Gasteiger partial charge >= 0.3 is 0 Å². The molecule has 0 unspecified atom stereocenters. The van der Waals surface area contributed by atoms with Crippen molar-refractivity contribution in [3.05, 3.63) is 33.3 Å². The van der Waals surface area contributed by atoms with Crippen LogP contribution in [-0.4, -0.2) is 31.6 Å². The van der Waals surface area contributed by atoms with Crippen molar-refractivity contribution in [2.75, 3.05) is 13.2 Å². The zero-order valence-electron chi connectivity index (χ0n) is 9.87. The molecule has 1 aromatic rings. The molecule has 0 heterocycles. The first-order chi connectivity index (χ1) is 8.88. The summed E-state index contributed by atoms with van der Waals surface area (Å²) in [5.41, 5.74) is -0.567. The van der Waals surface area contributed by atoms with E-state index in [1.807, 2.05) is 0 Å². The molecule has 106 valence electrons. The van der Waals surface area contributed by atoms with Crippen molar-refractivity contribution < 1.29 is 18.4 Å². The standard InChI is InChI=1S/C10H13ClN2O5S/c11-8-3-4-10(9(7-8)13(15)16)19(17,18)12-5-1-2-6-14/h3-4,7,12,14H,1-2,5-6H2. The molecule has 0 spiro atoms. The van der Waals surface area contributed by atoms with Gasteiger partial charge in [0.25, 0.3) is 5.69 Å². The second-order valence-corrected chi connectivity index (χ2v) is 5.87. The maximum Gasteiger partial charge on any atom is 0.290 e. The Hall–Kier alpha value is -1.22. The van der Waals surface area contributed by atoms with Gasteiger partial charge in [0.15, 0.2) is 4.90 Å². The van der Waals surface area contributed by atoms with Gasteiger partial charge in [-0.2, -0.15) is 0 Å². The van der Waals surface area contributed by atoms with Crippen LogP contribution in [0.2, 0.25) is 5.02 Å². The molecule has 0 radical (unpaired) electrons. The number of sulfonamides is 1. The van der Waals surface area contributed by atoms with Crippen LogP contribution in [0.15, 0.2) is 23.1 Å². The van der Waals surface area contributed by atoms with Gasteiger partial charge in [-0.05, 0) is 25.0 Å². The topological polar surface area (TPSA) is 110 Å². The van der Waals surface area contributed by atoms with Crippen molar-refractivity contribution >= 4 is 27.3 Å². The summed E-state index contributed by atoms with van der Waals surface area (Å²) in [5, 5.41) is 19.5. The Morgan fingerprint density at radius 2 is 2.05 bits per heavy atom. The highest BCUT2D eigenvalue weighted by atomic mass is 35.5. The molecule has 0 atom stereocenters. The molecule has 19 heavy (non-hydrogen) atoms. The maximum absolute atomic E-state index is 11.9. The van der Waals surface area contributed by atoms with Crippen LogP contribution in [0.25, 0.3) is 0 Å². The van der Waals surface area contributed by atoms with E-state index in [1.165, 1.54) is 6.07 Å². The number of nitrogens with zero attached hydrogens (tertiary/aromatic N) is 1. The minimum absolute atomic E-state index is 0.0389. The van der Waals surface area contributed by atoms with E-state index in [2.05, 4.69) is 4.72 Å². The van der Waals surface area contributed by atoms with Crippen molar-refractivity contribution in [3.8, 4) is 0 Å². The zero-order chi connectivity index (χ0) is 14.5. The van der Waals surface area contributed by atoms with Crippen LogP contribution in [0, 0.1) is 10.1 Å². The van der Waals surface area contributed by atoms with Crippen molar-refractivity contribution in [1.82, 2.24) is 4.72 Å². The Morgan fingerprint density at radius 3 is 2.63 bits per heavy atom. The number of nitro groups is 1. The summed E-state index contributed by atoms with van der Waals surface area (Å²) < 4.78 is 26.1. The molecule has 0 saturated heterocycles. The van der Waals surface area contributed by atoms with Crippen molar-refractivity contribution in [3.63, 3.8) is 0 Å². The third-order valence-corrected chi connectivity index (χ3v) is 4.03. The van der Waals surface area contributed by atoms with E-state index in [-0.39, 0.29) is 18.2 Å². The number of hydrogen-bond donors (Lipinski definition) is 2. The number of hydrogen-bond acceptors (Lipinski definition) is 5. The van der Waals surface area contributed by atoms with Gasteiger partial charge in [-0.15, -0.1) is 0 Å². The van der Waals surface area contributed by atoms with Gasteiger partial charge in [-0.3, -0.25) is 10.1 Å². The maximum atomic E-state index is 11.9. The van der Waals surface area contributed by atoms with E-state index in [0.29, 0.717) is 12.8 Å². The zero-order valence-corrected chi connectivity index (χ0v) is 11.4. The number of halogens is 1.